The highest BCUT2D eigenvalue weighted by Gasteiger charge is 2.23. The van der Waals surface area contributed by atoms with Crippen LogP contribution in [0.5, 0.6) is 0 Å². The van der Waals surface area contributed by atoms with E-state index in [2.05, 4.69) is 15.4 Å². The van der Waals surface area contributed by atoms with Crippen molar-refractivity contribution >= 4 is 5.91 Å². The van der Waals surface area contributed by atoms with Crippen molar-refractivity contribution in [2.75, 3.05) is 13.1 Å². The Morgan fingerprint density at radius 1 is 1.39 bits per heavy atom. The van der Waals surface area contributed by atoms with Crippen LogP contribution < -0.4 is 0 Å². The number of aliphatic hydroxyl groups excluding tert-OH is 1. The molecule has 2 aromatic rings. The zero-order valence-electron chi connectivity index (χ0n) is 13.2. The fourth-order valence-corrected chi connectivity index (χ4v) is 2.86. The fourth-order valence-electron chi connectivity index (χ4n) is 2.86. The molecule has 1 saturated heterocycles. The third kappa shape index (κ3) is 3.95. The molecule has 8 heteroatoms. The highest BCUT2D eigenvalue weighted by molar-refractivity contribution is 5.75. The first-order chi connectivity index (χ1) is 11.1. The van der Waals surface area contributed by atoms with Crippen LogP contribution in [0.15, 0.2) is 24.7 Å². The molecule has 23 heavy (non-hydrogen) atoms. The average Bonchev–Trinajstić information content (AvgIpc) is 3.19. The Balaban J connectivity index is 1.47. The summed E-state index contributed by atoms with van der Waals surface area (Å²) in [5.41, 5.74) is 0.594. The van der Waals surface area contributed by atoms with E-state index in [0.717, 1.165) is 32.5 Å². The number of likely N-dealkylation sites (tertiary alicyclic amines) is 1. The first-order valence-corrected chi connectivity index (χ1v) is 7.95. The lowest BCUT2D eigenvalue weighted by Crippen LogP contribution is -2.41. The zero-order chi connectivity index (χ0) is 16.2. The monoisotopic (exact) mass is 318 g/mol. The zero-order valence-corrected chi connectivity index (χ0v) is 13.2. The summed E-state index contributed by atoms with van der Waals surface area (Å²) in [6.07, 6.45) is 6.59. The summed E-state index contributed by atoms with van der Waals surface area (Å²) in [5.74, 6) is 0.594. The maximum absolute atomic E-state index is 12.2. The minimum absolute atomic E-state index is 0.115. The van der Waals surface area contributed by atoms with E-state index in [1.54, 1.807) is 34.9 Å². The van der Waals surface area contributed by atoms with Gasteiger partial charge in [0.15, 0.2) is 0 Å². The van der Waals surface area contributed by atoms with Crippen LogP contribution in [0.25, 0.3) is 0 Å². The number of rotatable bonds is 5. The number of hydrogen-bond acceptors (Lipinski definition) is 5. The molecule has 0 aromatic carbocycles. The van der Waals surface area contributed by atoms with Crippen LogP contribution in [0, 0.1) is 5.92 Å². The predicted molar refractivity (Wildman–Crippen MR) is 82.2 cm³/mol. The quantitative estimate of drug-likeness (QED) is 0.865. The maximum atomic E-state index is 12.2. The van der Waals surface area contributed by atoms with E-state index in [1.165, 1.54) is 0 Å². The standard InChI is InChI=1S/C15H22N6O2/c1-12(22)14-10-21(18-17-14)9-13-3-7-19(8-4-13)15(23)11-20-6-2-5-16-20/h2,5-6,10,12-13,22H,3-4,7-9,11H2,1H3/t12-/m1/s1. The van der Waals surface area contributed by atoms with E-state index in [0.29, 0.717) is 18.2 Å². The van der Waals surface area contributed by atoms with Gasteiger partial charge in [-0.1, -0.05) is 5.21 Å². The molecule has 3 heterocycles. The predicted octanol–water partition coefficient (Wildman–Crippen LogP) is 0.467. The molecule has 2 aromatic heterocycles. The highest BCUT2D eigenvalue weighted by Crippen LogP contribution is 2.19. The van der Waals surface area contributed by atoms with Crippen LogP contribution in [-0.4, -0.2) is 53.8 Å². The van der Waals surface area contributed by atoms with E-state index in [4.69, 9.17) is 0 Å². The molecule has 1 fully saturated rings. The van der Waals surface area contributed by atoms with Gasteiger partial charge in [0.25, 0.3) is 0 Å². The van der Waals surface area contributed by atoms with Crippen molar-refractivity contribution in [3.8, 4) is 0 Å². The van der Waals surface area contributed by atoms with Crippen molar-refractivity contribution in [2.45, 2.75) is 39.0 Å². The Morgan fingerprint density at radius 3 is 2.78 bits per heavy atom. The lowest BCUT2D eigenvalue weighted by Gasteiger charge is -2.31. The molecule has 1 N–H and O–H groups in total. The second-order valence-electron chi connectivity index (χ2n) is 6.07. The fraction of sp³-hybridized carbons (Fsp3) is 0.600. The Bertz CT molecular complexity index is 628. The van der Waals surface area contributed by atoms with E-state index in [-0.39, 0.29) is 5.91 Å². The second kappa shape index (κ2) is 6.91. The van der Waals surface area contributed by atoms with Crippen LogP contribution in [0.3, 0.4) is 0 Å². The maximum Gasteiger partial charge on any atom is 0.244 e. The van der Waals surface area contributed by atoms with Crippen LogP contribution in [-0.2, 0) is 17.9 Å². The third-order valence-corrected chi connectivity index (χ3v) is 4.25. The molecule has 3 rings (SSSR count). The molecule has 0 spiro atoms. The average molecular weight is 318 g/mol. The lowest BCUT2D eigenvalue weighted by molar-refractivity contribution is -0.133. The normalized spacial score (nSPS) is 17.4. The molecule has 1 atom stereocenters. The number of nitrogens with zero attached hydrogens (tertiary/aromatic N) is 6. The Labute approximate surface area is 134 Å². The van der Waals surface area contributed by atoms with Crippen molar-refractivity contribution in [2.24, 2.45) is 5.92 Å². The van der Waals surface area contributed by atoms with Crippen molar-refractivity contribution in [3.63, 3.8) is 0 Å². The van der Waals surface area contributed by atoms with Crippen LogP contribution in [0.1, 0.15) is 31.6 Å². The Kier molecular flexibility index (Phi) is 4.71. The van der Waals surface area contributed by atoms with Gasteiger partial charge in [-0.3, -0.25) is 14.2 Å². The first kappa shape index (κ1) is 15.7. The largest absolute Gasteiger partial charge is 0.387 e. The molecule has 0 unspecified atom stereocenters. The molecule has 0 aliphatic carbocycles. The van der Waals surface area contributed by atoms with Gasteiger partial charge in [-0.05, 0) is 31.7 Å². The minimum Gasteiger partial charge on any atom is -0.387 e. The van der Waals surface area contributed by atoms with E-state index in [1.807, 2.05) is 11.0 Å². The van der Waals surface area contributed by atoms with E-state index >= 15 is 0 Å². The lowest BCUT2D eigenvalue weighted by atomic mass is 9.97. The number of carbonyl (C=O) groups excluding carboxylic acids is 1. The number of piperidine rings is 1. The van der Waals surface area contributed by atoms with Crippen LogP contribution in [0.4, 0.5) is 0 Å². The van der Waals surface area contributed by atoms with Gasteiger partial charge in [0.1, 0.15) is 12.2 Å². The molecule has 8 nitrogen and oxygen atoms in total. The SMILES string of the molecule is C[C@@H](O)c1cn(CC2CCN(C(=O)Cn3cccn3)CC2)nn1. The molecule has 0 bridgehead atoms. The second-order valence-corrected chi connectivity index (χ2v) is 6.07. The summed E-state index contributed by atoms with van der Waals surface area (Å²) >= 11 is 0. The molecular formula is C15H22N6O2. The van der Waals surface area contributed by atoms with Crippen LogP contribution in [0.2, 0.25) is 0 Å². The van der Waals surface area contributed by atoms with Gasteiger partial charge in [0, 0.05) is 32.0 Å². The smallest absolute Gasteiger partial charge is 0.244 e. The van der Waals surface area contributed by atoms with Crippen molar-refractivity contribution in [3.05, 3.63) is 30.4 Å². The van der Waals surface area contributed by atoms with Gasteiger partial charge in [-0.25, -0.2) is 0 Å². The summed E-state index contributed by atoms with van der Waals surface area (Å²) < 4.78 is 3.44. The number of hydrogen-bond donors (Lipinski definition) is 1. The number of carbonyl (C=O) groups is 1. The topological polar surface area (TPSA) is 89.1 Å². The first-order valence-electron chi connectivity index (χ1n) is 7.95. The van der Waals surface area contributed by atoms with Gasteiger partial charge in [0.2, 0.25) is 5.91 Å². The molecular weight excluding hydrogens is 296 g/mol. The molecule has 0 saturated carbocycles. The molecule has 1 aliphatic heterocycles. The van der Waals surface area contributed by atoms with Crippen LogP contribution >= 0.6 is 0 Å². The molecule has 1 amide bonds. The van der Waals surface area contributed by atoms with Gasteiger partial charge in [-0.2, -0.15) is 5.10 Å². The number of aliphatic hydroxyl groups is 1. The summed E-state index contributed by atoms with van der Waals surface area (Å²) in [4.78, 5) is 14.1. The van der Waals surface area contributed by atoms with Gasteiger partial charge in [0.05, 0.1) is 12.3 Å². The summed E-state index contributed by atoms with van der Waals surface area (Å²) in [6, 6.07) is 1.82. The third-order valence-electron chi connectivity index (χ3n) is 4.25. The van der Waals surface area contributed by atoms with E-state index in [9.17, 15) is 9.90 Å². The molecule has 124 valence electrons. The Morgan fingerprint density at radius 2 is 2.17 bits per heavy atom. The summed E-state index contributed by atoms with van der Waals surface area (Å²) in [6.45, 7) is 4.29. The molecule has 0 radical (unpaired) electrons. The number of aromatic nitrogens is 5. The van der Waals surface area contributed by atoms with Gasteiger partial charge in [-0.15, -0.1) is 5.10 Å². The van der Waals surface area contributed by atoms with Crippen molar-refractivity contribution < 1.29 is 9.90 Å². The summed E-state index contributed by atoms with van der Waals surface area (Å²) in [7, 11) is 0. The van der Waals surface area contributed by atoms with Gasteiger partial charge < -0.3 is 10.0 Å². The van der Waals surface area contributed by atoms with Crippen molar-refractivity contribution in [1.29, 1.82) is 0 Å². The number of amides is 1. The van der Waals surface area contributed by atoms with Gasteiger partial charge >= 0.3 is 0 Å². The van der Waals surface area contributed by atoms with Crippen molar-refractivity contribution in [1.82, 2.24) is 29.7 Å². The summed E-state index contributed by atoms with van der Waals surface area (Å²) in [5, 5.41) is 21.6. The minimum atomic E-state index is -0.592. The Hall–Kier alpha value is -2.22. The molecule has 1 aliphatic rings. The highest BCUT2D eigenvalue weighted by atomic mass is 16.3. The van der Waals surface area contributed by atoms with E-state index < -0.39 is 6.10 Å².